The van der Waals surface area contributed by atoms with E-state index in [9.17, 15) is 0 Å². The van der Waals surface area contributed by atoms with Crippen LogP contribution in [-0.4, -0.2) is 19.8 Å². The van der Waals surface area contributed by atoms with Crippen LogP contribution in [-0.2, 0) is 9.26 Å². The third-order valence-corrected chi connectivity index (χ3v) is 9.40. The summed E-state index contributed by atoms with van der Waals surface area (Å²) in [5.41, 5.74) is 3.82. The fourth-order valence-corrected chi connectivity index (χ4v) is 7.29. The molecule has 4 aromatic rings. The molecule has 4 rings (SSSR count). The van der Waals surface area contributed by atoms with E-state index in [1.54, 1.807) is 7.11 Å². The van der Waals surface area contributed by atoms with Crippen LogP contribution in [0.4, 0.5) is 0 Å². The average Bonchev–Trinajstić information content (AvgIpc) is 2.88. The predicted molar refractivity (Wildman–Crippen MR) is 147 cm³/mol. The van der Waals surface area contributed by atoms with E-state index >= 15 is 0 Å². The molecule has 0 heterocycles. The van der Waals surface area contributed by atoms with Gasteiger partial charge in [-0.25, -0.2) is 0 Å². The van der Waals surface area contributed by atoms with Crippen LogP contribution >= 0.6 is 19.9 Å². The molecule has 2 nitrogen and oxygen atoms in total. The van der Waals surface area contributed by atoms with Gasteiger partial charge in [0.25, 0.3) is 0 Å². The molecule has 2 atom stereocenters. The second-order valence-corrected chi connectivity index (χ2v) is 11.2. The summed E-state index contributed by atoms with van der Waals surface area (Å²) in [5, 5.41) is 2.49. The van der Waals surface area contributed by atoms with Crippen molar-refractivity contribution in [2.75, 3.05) is 13.7 Å². The van der Waals surface area contributed by atoms with E-state index in [0.29, 0.717) is 6.61 Å². The van der Waals surface area contributed by atoms with Crippen LogP contribution in [0.15, 0.2) is 114 Å². The summed E-state index contributed by atoms with van der Waals surface area (Å²) in [6.07, 6.45) is -0.136. The normalized spacial score (nSPS) is 13.1. The molecular formula is C30H31O2PS. The van der Waals surface area contributed by atoms with Crippen molar-refractivity contribution in [2.24, 2.45) is 0 Å². The molecule has 174 valence electrons. The minimum absolute atomic E-state index is 0.0818. The molecule has 4 aromatic carbocycles. The van der Waals surface area contributed by atoms with Gasteiger partial charge in [0.05, 0.1) is 20.0 Å². The number of aryl methyl sites for hydroxylation is 2. The van der Waals surface area contributed by atoms with E-state index in [4.69, 9.17) is 9.26 Å². The molecule has 0 spiro atoms. The van der Waals surface area contributed by atoms with Gasteiger partial charge in [-0.15, -0.1) is 11.8 Å². The van der Waals surface area contributed by atoms with Crippen LogP contribution < -0.4 is 10.6 Å². The number of ether oxygens (including phenoxy) is 1. The molecule has 0 saturated heterocycles. The first-order valence-corrected chi connectivity index (χ1v) is 13.6. The highest BCUT2D eigenvalue weighted by atomic mass is 32.2. The number of rotatable bonds is 10. The maximum atomic E-state index is 7.05. The number of hydrogen-bond acceptors (Lipinski definition) is 3. The van der Waals surface area contributed by atoms with Crippen molar-refractivity contribution >= 4 is 30.5 Å². The van der Waals surface area contributed by atoms with Gasteiger partial charge >= 0.3 is 0 Å². The molecule has 0 N–H and O–H groups in total. The van der Waals surface area contributed by atoms with Gasteiger partial charge in [-0.1, -0.05) is 109 Å². The molecule has 0 saturated carbocycles. The third kappa shape index (κ3) is 6.17. The van der Waals surface area contributed by atoms with Gasteiger partial charge in [0.1, 0.15) is 6.10 Å². The summed E-state index contributed by atoms with van der Waals surface area (Å²) in [6, 6.07) is 38.3. The zero-order valence-electron chi connectivity index (χ0n) is 19.9. The Morgan fingerprint density at radius 3 is 1.68 bits per heavy atom. The molecule has 0 fully saturated rings. The van der Waals surface area contributed by atoms with Crippen molar-refractivity contribution < 1.29 is 9.26 Å². The molecule has 0 radical (unpaired) electrons. The minimum Gasteiger partial charge on any atom is -0.382 e. The van der Waals surface area contributed by atoms with E-state index in [0.717, 1.165) is 0 Å². The summed E-state index contributed by atoms with van der Waals surface area (Å²) in [6.45, 7) is 4.88. The number of thioether (sulfide) groups is 1. The van der Waals surface area contributed by atoms with Gasteiger partial charge < -0.3 is 9.26 Å². The molecule has 0 aliphatic heterocycles. The van der Waals surface area contributed by atoms with Crippen molar-refractivity contribution in [2.45, 2.75) is 30.1 Å². The first-order valence-electron chi connectivity index (χ1n) is 11.5. The topological polar surface area (TPSA) is 18.5 Å². The predicted octanol–water partition coefficient (Wildman–Crippen LogP) is 7.22. The lowest BCUT2D eigenvalue weighted by molar-refractivity contribution is 0.0897. The molecule has 34 heavy (non-hydrogen) atoms. The quantitative estimate of drug-likeness (QED) is 0.174. The van der Waals surface area contributed by atoms with Gasteiger partial charge in [-0.3, -0.25) is 0 Å². The molecule has 0 bridgehead atoms. The molecule has 4 heteroatoms. The average molecular weight is 487 g/mol. The lowest BCUT2D eigenvalue weighted by Crippen LogP contribution is -2.28. The minimum atomic E-state index is -1.01. The van der Waals surface area contributed by atoms with Crippen molar-refractivity contribution in [1.29, 1.82) is 0 Å². The number of hydrogen-bond donors (Lipinski definition) is 0. The first-order chi connectivity index (χ1) is 16.7. The van der Waals surface area contributed by atoms with Gasteiger partial charge in [0.15, 0.2) is 0 Å². The van der Waals surface area contributed by atoms with Crippen molar-refractivity contribution in [3.05, 3.63) is 126 Å². The van der Waals surface area contributed by atoms with E-state index in [-0.39, 0.29) is 11.4 Å². The summed E-state index contributed by atoms with van der Waals surface area (Å²) < 4.78 is 12.8. The lowest BCUT2D eigenvalue weighted by atomic mass is 10.1. The van der Waals surface area contributed by atoms with Gasteiger partial charge in [-0.05, 0) is 30.5 Å². The van der Waals surface area contributed by atoms with Crippen molar-refractivity contribution in [1.82, 2.24) is 0 Å². The molecule has 0 aromatic heterocycles. The van der Waals surface area contributed by atoms with Crippen LogP contribution in [0, 0.1) is 13.8 Å². The Balaban J connectivity index is 1.75. The van der Waals surface area contributed by atoms with Crippen LogP contribution in [0.2, 0.25) is 0 Å². The zero-order valence-corrected chi connectivity index (χ0v) is 21.6. The maximum absolute atomic E-state index is 7.05. The molecule has 0 aliphatic rings. The van der Waals surface area contributed by atoms with Crippen molar-refractivity contribution in [3.8, 4) is 0 Å². The maximum Gasteiger partial charge on any atom is 0.102 e. The molecule has 0 unspecified atom stereocenters. The largest absolute Gasteiger partial charge is 0.382 e. The smallest absolute Gasteiger partial charge is 0.102 e. The second-order valence-electron chi connectivity index (χ2n) is 8.23. The van der Waals surface area contributed by atoms with Crippen LogP contribution in [0.25, 0.3) is 0 Å². The van der Waals surface area contributed by atoms with E-state index < -0.39 is 8.15 Å². The molecule has 0 amide bonds. The SMILES string of the molecule is COC[C@H](OP(c1ccccc1)c1ccccc1)[C@H](Sc1c(C)cccc1C)c1ccccc1. The number of benzene rings is 4. The van der Waals surface area contributed by atoms with Gasteiger partial charge in [0, 0.05) is 22.6 Å². The zero-order chi connectivity index (χ0) is 23.8. The Bertz CT molecular complexity index is 1090. The summed E-state index contributed by atoms with van der Waals surface area (Å²) >= 11 is 1.88. The Kier molecular flexibility index (Phi) is 8.96. The van der Waals surface area contributed by atoms with Crippen LogP contribution in [0.1, 0.15) is 21.9 Å². The Morgan fingerprint density at radius 2 is 1.18 bits per heavy atom. The summed E-state index contributed by atoms with van der Waals surface area (Å²) in [4.78, 5) is 1.31. The third-order valence-electron chi connectivity index (χ3n) is 5.67. The van der Waals surface area contributed by atoms with Crippen LogP contribution in [0.5, 0.6) is 0 Å². The Labute approximate surface area is 209 Å². The fraction of sp³-hybridized carbons (Fsp3) is 0.200. The molecule has 0 aliphatic carbocycles. The van der Waals surface area contributed by atoms with Crippen LogP contribution in [0.3, 0.4) is 0 Å². The fourth-order valence-electron chi connectivity index (χ4n) is 3.98. The van der Waals surface area contributed by atoms with E-state index in [1.165, 1.54) is 32.2 Å². The number of methoxy groups -OCH3 is 1. The standard InChI is InChI=1S/C30H31O2PS/c1-23-14-13-15-24(2)29(23)34-30(25-16-7-4-8-17-25)28(22-31-3)32-33(26-18-9-5-10-19-26)27-20-11-6-12-21-27/h4-21,28,30H,22H2,1-3H3/t28-,30+/m0/s1. The summed E-state index contributed by atoms with van der Waals surface area (Å²) in [7, 11) is 0.751. The highest BCUT2D eigenvalue weighted by Gasteiger charge is 2.30. The highest BCUT2D eigenvalue weighted by Crippen LogP contribution is 2.46. The van der Waals surface area contributed by atoms with E-state index in [1.807, 2.05) is 11.8 Å². The lowest BCUT2D eigenvalue weighted by Gasteiger charge is -2.31. The Hall–Kier alpha value is -2.42. The molecular weight excluding hydrogens is 455 g/mol. The Morgan fingerprint density at radius 1 is 0.676 bits per heavy atom. The second kappa shape index (κ2) is 12.3. The van der Waals surface area contributed by atoms with Gasteiger partial charge in [-0.2, -0.15) is 0 Å². The summed E-state index contributed by atoms with van der Waals surface area (Å²) in [5.74, 6) is 0. The van der Waals surface area contributed by atoms with Gasteiger partial charge in [0.2, 0.25) is 0 Å². The first kappa shape index (κ1) is 24.7. The van der Waals surface area contributed by atoms with E-state index in [2.05, 4.69) is 123 Å². The van der Waals surface area contributed by atoms with Crippen molar-refractivity contribution in [3.63, 3.8) is 0 Å². The highest BCUT2D eigenvalue weighted by molar-refractivity contribution is 7.99. The monoisotopic (exact) mass is 486 g/mol.